The maximum absolute atomic E-state index is 13.3. The number of esters is 1. The first-order valence-corrected chi connectivity index (χ1v) is 10.4. The number of hydrogen-bond donors (Lipinski definition) is 0. The van der Waals surface area contributed by atoms with Gasteiger partial charge >= 0.3 is 5.97 Å². The Morgan fingerprint density at radius 1 is 1.15 bits per heavy atom. The lowest BCUT2D eigenvalue weighted by atomic mass is 9.81. The molecular weight excluding hydrogens is 360 g/mol. The smallest absolute Gasteiger partial charge is 0.308 e. The summed E-state index contributed by atoms with van der Waals surface area (Å²) in [6.45, 7) is 1.26. The third-order valence-electron chi connectivity index (χ3n) is 5.72. The lowest BCUT2D eigenvalue weighted by molar-refractivity contribution is -0.149. The quantitative estimate of drug-likeness (QED) is 0.597. The molecule has 142 valence electrons. The van der Waals surface area contributed by atoms with Gasteiger partial charge in [-0.05, 0) is 37.8 Å². The third kappa shape index (κ3) is 3.63. The van der Waals surface area contributed by atoms with E-state index >= 15 is 0 Å². The van der Waals surface area contributed by atoms with Crippen LogP contribution in [0, 0.1) is 11.8 Å². The average molecular weight is 385 g/mol. The number of carbonyl (C=O) groups is 2. The van der Waals surface area contributed by atoms with Gasteiger partial charge in [-0.1, -0.05) is 24.3 Å². The summed E-state index contributed by atoms with van der Waals surface area (Å²) in [5.41, 5.74) is 1.01. The molecule has 1 aromatic carbocycles. The number of methoxy groups -OCH3 is 1. The van der Waals surface area contributed by atoms with Crippen molar-refractivity contribution in [1.29, 1.82) is 0 Å². The zero-order chi connectivity index (χ0) is 18.8. The second kappa shape index (κ2) is 7.80. The van der Waals surface area contributed by atoms with E-state index in [0.29, 0.717) is 25.9 Å². The minimum absolute atomic E-state index is 0.0646. The number of aromatic nitrogens is 1. The number of benzene rings is 1. The second-order valence-corrected chi connectivity index (χ2v) is 8.36. The first kappa shape index (κ1) is 18.2. The summed E-state index contributed by atoms with van der Waals surface area (Å²) in [7, 11) is 1.43. The highest BCUT2D eigenvalue weighted by Gasteiger charge is 2.37. The number of fused-ring (bicyclic) bond motifs is 1. The van der Waals surface area contributed by atoms with Crippen LogP contribution in [0.3, 0.4) is 0 Å². The Labute approximate surface area is 163 Å². The number of likely N-dealkylation sites (tertiary alicyclic amines) is 1. The first-order valence-electron chi connectivity index (χ1n) is 9.54. The molecule has 1 amide bonds. The van der Waals surface area contributed by atoms with Crippen molar-refractivity contribution in [1.82, 2.24) is 9.88 Å². The molecule has 1 aliphatic heterocycles. The van der Waals surface area contributed by atoms with E-state index in [0.717, 1.165) is 23.4 Å². The van der Waals surface area contributed by atoms with E-state index in [1.807, 2.05) is 23.1 Å². The molecule has 2 unspecified atom stereocenters. The average Bonchev–Trinajstić information content (AvgIpc) is 3.17. The van der Waals surface area contributed by atoms with Crippen molar-refractivity contribution >= 4 is 33.4 Å². The topological polar surface area (TPSA) is 59.5 Å². The van der Waals surface area contributed by atoms with E-state index in [-0.39, 0.29) is 29.6 Å². The van der Waals surface area contributed by atoms with Crippen molar-refractivity contribution in [2.24, 2.45) is 11.8 Å². The normalized spacial score (nSPS) is 23.5. The van der Waals surface area contributed by atoms with Crippen molar-refractivity contribution in [2.45, 2.75) is 31.6 Å². The summed E-state index contributed by atoms with van der Waals surface area (Å²) in [4.78, 5) is 31.7. The Kier molecular flexibility index (Phi) is 5.25. The Bertz CT molecular complexity index is 834. The summed E-state index contributed by atoms with van der Waals surface area (Å²) >= 11 is 1.70. The van der Waals surface area contributed by atoms with Crippen LogP contribution < -0.4 is 0 Å². The van der Waals surface area contributed by atoms with Gasteiger partial charge in [0.1, 0.15) is 0 Å². The molecule has 0 N–H and O–H groups in total. The summed E-state index contributed by atoms with van der Waals surface area (Å²) < 4.78 is 6.02. The highest BCUT2D eigenvalue weighted by Crippen LogP contribution is 2.39. The Morgan fingerprint density at radius 2 is 1.89 bits per heavy atom. The zero-order valence-corrected chi connectivity index (χ0v) is 16.3. The highest BCUT2D eigenvalue weighted by atomic mass is 32.1. The molecular formula is C21H24N2O3S. The van der Waals surface area contributed by atoms with Gasteiger partial charge in [-0.2, -0.15) is 0 Å². The van der Waals surface area contributed by atoms with Crippen LogP contribution in [0.1, 0.15) is 36.6 Å². The number of amides is 1. The molecule has 0 saturated carbocycles. The van der Waals surface area contributed by atoms with Gasteiger partial charge in [-0.25, -0.2) is 4.98 Å². The van der Waals surface area contributed by atoms with Crippen LogP contribution in [0.25, 0.3) is 10.2 Å². The van der Waals surface area contributed by atoms with E-state index in [9.17, 15) is 9.59 Å². The Hall–Kier alpha value is -2.21. The summed E-state index contributed by atoms with van der Waals surface area (Å²) in [5, 5.41) is 1.06. The fraction of sp³-hybridized carbons (Fsp3) is 0.476. The molecule has 6 heteroatoms. The number of para-hydroxylation sites is 1. The Morgan fingerprint density at radius 3 is 2.63 bits per heavy atom. The van der Waals surface area contributed by atoms with Crippen LogP contribution in [0.4, 0.5) is 0 Å². The van der Waals surface area contributed by atoms with Gasteiger partial charge in [-0.3, -0.25) is 9.59 Å². The van der Waals surface area contributed by atoms with Crippen molar-refractivity contribution in [3.05, 3.63) is 41.4 Å². The van der Waals surface area contributed by atoms with Gasteiger partial charge in [0.2, 0.25) is 5.91 Å². The molecule has 0 radical (unpaired) electrons. The van der Waals surface area contributed by atoms with Crippen LogP contribution in [0.5, 0.6) is 0 Å². The van der Waals surface area contributed by atoms with Crippen LogP contribution in [-0.2, 0) is 14.3 Å². The number of allylic oxidation sites excluding steroid dienone is 2. The molecule has 2 heterocycles. The number of piperidine rings is 1. The molecule has 27 heavy (non-hydrogen) atoms. The summed E-state index contributed by atoms with van der Waals surface area (Å²) in [5.74, 6) is 0.0378. The monoisotopic (exact) mass is 384 g/mol. The van der Waals surface area contributed by atoms with Crippen LogP contribution >= 0.6 is 11.3 Å². The maximum Gasteiger partial charge on any atom is 0.308 e. The molecule has 5 nitrogen and oxygen atoms in total. The molecule has 4 rings (SSSR count). The molecule has 1 aliphatic carbocycles. The molecule has 1 aromatic heterocycles. The zero-order valence-electron chi connectivity index (χ0n) is 15.5. The van der Waals surface area contributed by atoms with E-state index in [1.165, 1.54) is 11.8 Å². The number of nitrogens with zero attached hydrogens (tertiary/aromatic N) is 2. The van der Waals surface area contributed by atoms with Crippen molar-refractivity contribution in [3.63, 3.8) is 0 Å². The largest absolute Gasteiger partial charge is 0.469 e. The lowest BCUT2D eigenvalue weighted by Crippen LogP contribution is -2.44. The van der Waals surface area contributed by atoms with Crippen molar-refractivity contribution in [3.8, 4) is 0 Å². The number of thiazole rings is 1. The highest BCUT2D eigenvalue weighted by molar-refractivity contribution is 7.18. The predicted molar refractivity (Wildman–Crippen MR) is 106 cm³/mol. The van der Waals surface area contributed by atoms with Gasteiger partial charge in [0.15, 0.2) is 0 Å². The number of hydrogen-bond acceptors (Lipinski definition) is 5. The number of rotatable bonds is 3. The lowest BCUT2D eigenvalue weighted by Gasteiger charge is -2.35. The van der Waals surface area contributed by atoms with E-state index in [2.05, 4.69) is 18.2 Å². The van der Waals surface area contributed by atoms with Crippen molar-refractivity contribution in [2.75, 3.05) is 20.2 Å². The van der Waals surface area contributed by atoms with Gasteiger partial charge in [-0.15, -0.1) is 11.3 Å². The van der Waals surface area contributed by atoms with Gasteiger partial charge < -0.3 is 9.64 Å². The van der Waals surface area contributed by atoms with E-state index in [4.69, 9.17) is 9.72 Å². The van der Waals surface area contributed by atoms with Gasteiger partial charge in [0, 0.05) is 19.0 Å². The summed E-state index contributed by atoms with van der Waals surface area (Å²) in [6.07, 6.45) is 7.28. The molecule has 1 fully saturated rings. The predicted octanol–water partition coefficient (Wildman–Crippen LogP) is 3.76. The fourth-order valence-corrected chi connectivity index (χ4v) is 5.29. The minimum Gasteiger partial charge on any atom is -0.469 e. The molecule has 0 spiro atoms. The van der Waals surface area contributed by atoms with Crippen LogP contribution in [0.2, 0.25) is 0 Å². The van der Waals surface area contributed by atoms with Crippen molar-refractivity contribution < 1.29 is 14.3 Å². The first-order chi connectivity index (χ1) is 13.2. The number of carbonyl (C=O) groups excluding carboxylic acids is 2. The van der Waals surface area contributed by atoms with Gasteiger partial charge in [0.25, 0.3) is 0 Å². The van der Waals surface area contributed by atoms with Gasteiger partial charge in [0.05, 0.1) is 34.2 Å². The fourth-order valence-electron chi connectivity index (χ4n) is 4.15. The van der Waals surface area contributed by atoms with E-state index < -0.39 is 0 Å². The minimum atomic E-state index is -0.157. The second-order valence-electron chi connectivity index (χ2n) is 7.30. The standard InChI is InChI=1S/C21H24N2O3S/c1-26-21(25)14-10-12-23(13-11-14)20(24)16-7-3-2-6-15(16)19-22-17-8-4-5-9-18(17)27-19/h2-5,8-9,14-16H,6-7,10-13H2,1H3. The molecule has 2 aliphatic rings. The molecule has 1 saturated heterocycles. The van der Waals surface area contributed by atoms with Crippen LogP contribution in [-0.4, -0.2) is 42.0 Å². The summed E-state index contributed by atoms with van der Waals surface area (Å²) in [6, 6.07) is 8.14. The third-order valence-corrected chi connectivity index (χ3v) is 6.89. The van der Waals surface area contributed by atoms with E-state index in [1.54, 1.807) is 11.3 Å². The molecule has 0 bridgehead atoms. The SMILES string of the molecule is COC(=O)C1CCN(C(=O)C2CC=CCC2c2nc3ccccc3s2)CC1. The molecule has 2 atom stereocenters. The molecule has 2 aromatic rings. The Balaban J connectivity index is 1.50. The van der Waals surface area contributed by atoms with Crippen LogP contribution in [0.15, 0.2) is 36.4 Å². The maximum atomic E-state index is 13.3. The number of ether oxygens (including phenoxy) is 1.